The van der Waals surface area contributed by atoms with Crippen LogP contribution in [0, 0.1) is 0 Å². The van der Waals surface area contributed by atoms with Gasteiger partial charge in [-0.1, -0.05) is 56.9 Å². The van der Waals surface area contributed by atoms with Crippen LogP contribution in [0.25, 0.3) is 6.08 Å². The molecule has 0 saturated carbocycles. The zero-order valence-electron chi connectivity index (χ0n) is 12.1. The lowest BCUT2D eigenvalue weighted by Gasteiger charge is -2.10. The van der Waals surface area contributed by atoms with E-state index in [1.165, 1.54) is 19.3 Å². The third-order valence-corrected chi connectivity index (χ3v) is 3.26. The van der Waals surface area contributed by atoms with Crippen LogP contribution in [0.3, 0.4) is 0 Å². The number of unbranched alkanes of at least 4 members (excludes halogenated alkanes) is 3. The number of carboxylic acids is 1. The van der Waals surface area contributed by atoms with Crippen molar-refractivity contribution >= 4 is 12.0 Å². The highest BCUT2D eigenvalue weighted by Gasteiger charge is 2.05. The average molecular weight is 276 g/mol. The monoisotopic (exact) mass is 276 g/mol. The SMILES string of the molecule is CCCCCCC(O)Cc1ccc(/C=C/C(=O)O)cc1. The zero-order chi connectivity index (χ0) is 14.8. The van der Waals surface area contributed by atoms with E-state index in [1.807, 2.05) is 24.3 Å². The number of carboxylic acid groups (broad SMARTS) is 1. The average Bonchev–Trinajstić information content (AvgIpc) is 2.43. The van der Waals surface area contributed by atoms with Crippen molar-refractivity contribution in [2.75, 3.05) is 0 Å². The summed E-state index contributed by atoms with van der Waals surface area (Å²) in [6.07, 6.45) is 8.62. The van der Waals surface area contributed by atoms with Crippen LogP contribution in [0.1, 0.15) is 50.2 Å². The Kier molecular flexibility index (Phi) is 7.66. The van der Waals surface area contributed by atoms with Gasteiger partial charge in [-0.3, -0.25) is 0 Å². The fraction of sp³-hybridized carbons (Fsp3) is 0.471. The third kappa shape index (κ3) is 7.10. The molecule has 0 aromatic heterocycles. The fourth-order valence-electron chi connectivity index (χ4n) is 2.11. The van der Waals surface area contributed by atoms with E-state index in [2.05, 4.69) is 6.92 Å². The molecule has 3 nitrogen and oxygen atoms in total. The third-order valence-electron chi connectivity index (χ3n) is 3.26. The first-order valence-corrected chi connectivity index (χ1v) is 7.30. The molecule has 0 spiro atoms. The van der Waals surface area contributed by atoms with Crippen LogP contribution in [0.5, 0.6) is 0 Å². The highest BCUT2D eigenvalue weighted by Crippen LogP contribution is 2.12. The van der Waals surface area contributed by atoms with Gasteiger partial charge in [-0.05, 0) is 30.0 Å². The van der Waals surface area contributed by atoms with Crippen LogP contribution < -0.4 is 0 Å². The van der Waals surface area contributed by atoms with Crippen molar-refractivity contribution in [3.05, 3.63) is 41.5 Å². The van der Waals surface area contributed by atoms with E-state index >= 15 is 0 Å². The van der Waals surface area contributed by atoms with Gasteiger partial charge in [0.05, 0.1) is 6.10 Å². The van der Waals surface area contributed by atoms with Gasteiger partial charge in [-0.15, -0.1) is 0 Å². The standard InChI is InChI=1S/C17H24O3/c1-2-3-4-5-6-16(18)13-15-9-7-14(8-10-15)11-12-17(19)20/h7-12,16,18H,2-6,13H2,1H3,(H,19,20)/b12-11+. The van der Waals surface area contributed by atoms with Crippen LogP contribution >= 0.6 is 0 Å². The number of rotatable bonds is 9. The van der Waals surface area contributed by atoms with Crippen molar-refractivity contribution in [2.45, 2.75) is 51.6 Å². The van der Waals surface area contributed by atoms with E-state index in [1.54, 1.807) is 6.08 Å². The van der Waals surface area contributed by atoms with E-state index in [9.17, 15) is 9.90 Å². The van der Waals surface area contributed by atoms with E-state index in [4.69, 9.17) is 5.11 Å². The molecule has 110 valence electrons. The molecule has 1 unspecified atom stereocenters. The normalized spacial score (nSPS) is 12.7. The van der Waals surface area contributed by atoms with E-state index < -0.39 is 5.97 Å². The van der Waals surface area contributed by atoms with Crippen LogP contribution in [0.4, 0.5) is 0 Å². The molecule has 0 fully saturated rings. The van der Waals surface area contributed by atoms with Crippen LogP contribution in [-0.2, 0) is 11.2 Å². The molecular weight excluding hydrogens is 252 g/mol. The number of benzene rings is 1. The van der Waals surface area contributed by atoms with Crippen molar-refractivity contribution in [1.82, 2.24) is 0 Å². The Labute approximate surface area is 121 Å². The first-order chi connectivity index (χ1) is 9.61. The van der Waals surface area contributed by atoms with Crippen LogP contribution in [0.2, 0.25) is 0 Å². The molecule has 1 atom stereocenters. The van der Waals surface area contributed by atoms with Crippen molar-refractivity contribution < 1.29 is 15.0 Å². The number of aliphatic hydroxyl groups excluding tert-OH is 1. The summed E-state index contributed by atoms with van der Waals surface area (Å²) in [5.74, 6) is -0.948. The molecule has 0 radical (unpaired) electrons. The fourth-order valence-corrected chi connectivity index (χ4v) is 2.11. The molecule has 0 saturated heterocycles. The molecule has 20 heavy (non-hydrogen) atoms. The first kappa shape index (κ1) is 16.4. The first-order valence-electron chi connectivity index (χ1n) is 7.30. The Balaban J connectivity index is 2.38. The summed E-state index contributed by atoms with van der Waals surface area (Å²) in [5, 5.41) is 18.5. The van der Waals surface area contributed by atoms with Gasteiger partial charge in [0.2, 0.25) is 0 Å². The number of hydrogen-bond acceptors (Lipinski definition) is 2. The Hall–Kier alpha value is -1.61. The van der Waals surface area contributed by atoms with Gasteiger partial charge in [-0.25, -0.2) is 4.79 Å². The Morgan fingerprint density at radius 2 is 1.90 bits per heavy atom. The maximum Gasteiger partial charge on any atom is 0.328 e. The second-order valence-corrected chi connectivity index (χ2v) is 5.12. The molecular formula is C17H24O3. The van der Waals surface area contributed by atoms with E-state index in [0.29, 0.717) is 6.42 Å². The Morgan fingerprint density at radius 1 is 1.20 bits per heavy atom. The van der Waals surface area contributed by atoms with E-state index in [0.717, 1.165) is 30.0 Å². The lowest BCUT2D eigenvalue weighted by atomic mass is 10.0. The summed E-state index contributed by atoms with van der Waals surface area (Å²) in [5.41, 5.74) is 1.94. The van der Waals surface area contributed by atoms with E-state index in [-0.39, 0.29) is 6.10 Å². The molecule has 0 aliphatic rings. The topological polar surface area (TPSA) is 57.5 Å². The molecule has 0 bridgehead atoms. The minimum Gasteiger partial charge on any atom is -0.478 e. The zero-order valence-corrected chi connectivity index (χ0v) is 12.1. The molecule has 0 aliphatic heterocycles. The highest BCUT2D eigenvalue weighted by molar-refractivity contribution is 5.85. The minimum atomic E-state index is -0.948. The van der Waals surface area contributed by atoms with Gasteiger partial charge in [0, 0.05) is 6.08 Å². The quantitative estimate of drug-likeness (QED) is 0.534. The molecule has 1 aromatic carbocycles. The number of carbonyl (C=O) groups is 1. The summed E-state index contributed by atoms with van der Waals surface area (Å²) in [6.45, 7) is 2.18. The predicted molar refractivity (Wildman–Crippen MR) is 81.6 cm³/mol. The second-order valence-electron chi connectivity index (χ2n) is 5.12. The van der Waals surface area contributed by atoms with Crippen molar-refractivity contribution in [3.63, 3.8) is 0 Å². The maximum absolute atomic E-state index is 10.4. The lowest BCUT2D eigenvalue weighted by molar-refractivity contribution is -0.131. The lowest BCUT2D eigenvalue weighted by Crippen LogP contribution is -2.10. The van der Waals surface area contributed by atoms with Gasteiger partial charge in [-0.2, -0.15) is 0 Å². The highest BCUT2D eigenvalue weighted by atomic mass is 16.4. The van der Waals surface area contributed by atoms with Crippen molar-refractivity contribution in [2.24, 2.45) is 0 Å². The van der Waals surface area contributed by atoms with Gasteiger partial charge in [0.1, 0.15) is 0 Å². The van der Waals surface area contributed by atoms with Crippen LogP contribution in [-0.4, -0.2) is 22.3 Å². The molecule has 2 N–H and O–H groups in total. The largest absolute Gasteiger partial charge is 0.478 e. The van der Waals surface area contributed by atoms with Gasteiger partial charge >= 0.3 is 5.97 Å². The minimum absolute atomic E-state index is 0.285. The Bertz CT molecular complexity index is 420. The predicted octanol–water partition coefficient (Wildman–Crippen LogP) is 3.66. The maximum atomic E-state index is 10.4. The molecule has 0 aliphatic carbocycles. The smallest absolute Gasteiger partial charge is 0.328 e. The number of hydrogen-bond donors (Lipinski definition) is 2. The number of aliphatic hydroxyl groups is 1. The molecule has 3 heteroatoms. The summed E-state index contributed by atoms with van der Waals surface area (Å²) in [7, 11) is 0. The Morgan fingerprint density at radius 3 is 2.50 bits per heavy atom. The van der Waals surface area contributed by atoms with Gasteiger partial charge in [0.25, 0.3) is 0 Å². The summed E-state index contributed by atoms with van der Waals surface area (Å²) >= 11 is 0. The van der Waals surface area contributed by atoms with Crippen molar-refractivity contribution in [1.29, 1.82) is 0 Å². The molecule has 1 rings (SSSR count). The summed E-state index contributed by atoms with van der Waals surface area (Å²) < 4.78 is 0. The van der Waals surface area contributed by atoms with Crippen LogP contribution in [0.15, 0.2) is 30.3 Å². The summed E-state index contributed by atoms with van der Waals surface area (Å²) in [6, 6.07) is 7.63. The molecule has 1 aromatic rings. The number of aliphatic carboxylic acids is 1. The second kappa shape index (κ2) is 9.32. The molecule has 0 heterocycles. The van der Waals surface area contributed by atoms with Gasteiger partial charge in [0.15, 0.2) is 0 Å². The molecule has 0 amide bonds. The van der Waals surface area contributed by atoms with Gasteiger partial charge < -0.3 is 10.2 Å². The van der Waals surface area contributed by atoms with Crippen molar-refractivity contribution in [3.8, 4) is 0 Å². The summed E-state index contributed by atoms with van der Waals surface area (Å²) in [4.78, 5) is 10.4.